The second-order valence-corrected chi connectivity index (χ2v) is 5.27. The van der Waals surface area contributed by atoms with Crippen LogP contribution in [0.2, 0.25) is 0 Å². The number of allylic oxidation sites excluding steroid dienone is 3. The van der Waals surface area contributed by atoms with Crippen LogP contribution >= 0.6 is 0 Å². The number of hydrogen-bond donors (Lipinski definition) is 0. The van der Waals surface area contributed by atoms with Crippen LogP contribution in [0.5, 0.6) is 5.88 Å². The van der Waals surface area contributed by atoms with Gasteiger partial charge in [-0.1, -0.05) is 6.08 Å². The van der Waals surface area contributed by atoms with E-state index in [2.05, 4.69) is 15.0 Å². The maximum absolute atomic E-state index is 12.7. The normalized spacial score (nSPS) is 16.4. The van der Waals surface area contributed by atoms with Crippen molar-refractivity contribution in [2.45, 2.75) is 27.3 Å². The molecule has 0 spiro atoms. The van der Waals surface area contributed by atoms with Gasteiger partial charge in [0, 0.05) is 18.0 Å². The second kappa shape index (κ2) is 8.24. The Hall–Kier alpha value is -2.70. The van der Waals surface area contributed by atoms with Gasteiger partial charge in [0.05, 0.1) is 32.0 Å². The van der Waals surface area contributed by atoms with E-state index >= 15 is 0 Å². The van der Waals surface area contributed by atoms with Gasteiger partial charge in [-0.3, -0.25) is 9.79 Å². The van der Waals surface area contributed by atoms with Gasteiger partial charge in [0.2, 0.25) is 5.88 Å². The first-order chi connectivity index (χ1) is 11.5. The van der Waals surface area contributed by atoms with E-state index in [1.807, 2.05) is 19.9 Å². The molecule has 0 bridgehead atoms. The van der Waals surface area contributed by atoms with Gasteiger partial charge in [-0.15, -0.1) is 0 Å². The number of methoxy groups -OCH3 is 1. The van der Waals surface area contributed by atoms with Crippen molar-refractivity contribution in [1.82, 2.24) is 14.9 Å². The smallest absolute Gasteiger partial charge is 0.253 e. The standard InChI is InChI=1S/C17H22N4O3/c1-5-12(2)19-10-14-13(3)17(22)21(8-9-24-14)11-15-18-7-6-16(20-15)23-4/h5-7,10H,8-9,11H2,1-4H3/b12-5-,19-10-. The highest BCUT2D eigenvalue weighted by atomic mass is 16.5. The predicted molar refractivity (Wildman–Crippen MR) is 90.6 cm³/mol. The van der Waals surface area contributed by atoms with Crippen molar-refractivity contribution in [3.8, 4) is 5.88 Å². The van der Waals surface area contributed by atoms with E-state index in [0.29, 0.717) is 42.7 Å². The molecule has 7 nitrogen and oxygen atoms in total. The molecule has 1 amide bonds. The van der Waals surface area contributed by atoms with Crippen molar-refractivity contribution in [3.05, 3.63) is 41.2 Å². The number of hydrogen-bond acceptors (Lipinski definition) is 6. The van der Waals surface area contributed by atoms with Gasteiger partial charge < -0.3 is 14.4 Å². The molecule has 0 aromatic carbocycles. The van der Waals surface area contributed by atoms with E-state index in [4.69, 9.17) is 9.47 Å². The average molecular weight is 330 g/mol. The minimum absolute atomic E-state index is 0.112. The zero-order chi connectivity index (χ0) is 17.5. The molecule has 0 saturated heterocycles. The lowest BCUT2D eigenvalue weighted by Gasteiger charge is -2.19. The summed E-state index contributed by atoms with van der Waals surface area (Å²) < 4.78 is 10.8. The fourth-order valence-corrected chi connectivity index (χ4v) is 2.08. The fourth-order valence-electron chi connectivity index (χ4n) is 2.08. The molecule has 0 fully saturated rings. The summed E-state index contributed by atoms with van der Waals surface area (Å²) in [5.41, 5.74) is 1.38. The summed E-state index contributed by atoms with van der Waals surface area (Å²) in [5, 5.41) is 0. The van der Waals surface area contributed by atoms with Crippen LogP contribution in [0.15, 0.2) is 40.4 Å². The number of carbonyl (C=O) groups is 1. The van der Waals surface area contributed by atoms with E-state index < -0.39 is 0 Å². The third kappa shape index (κ3) is 4.41. The number of aliphatic imine (C=N–C) groups is 1. The summed E-state index contributed by atoms with van der Waals surface area (Å²) in [6.45, 7) is 6.68. The first kappa shape index (κ1) is 17.7. The van der Waals surface area contributed by atoms with Crippen molar-refractivity contribution in [2.24, 2.45) is 4.99 Å². The molecule has 0 saturated carbocycles. The van der Waals surface area contributed by atoms with Gasteiger partial charge in [-0.2, -0.15) is 4.98 Å². The molecule has 0 atom stereocenters. The molecule has 1 aliphatic rings. The largest absolute Gasteiger partial charge is 0.490 e. The van der Waals surface area contributed by atoms with Crippen LogP contribution in [0.1, 0.15) is 26.6 Å². The van der Waals surface area contributed by atoms with E-state index in [1.54, 1.807) is 37.4 Å². The number of rotatable bonds is 5. The summed E-state index contributed by atoms with van der Waals surface area (Å²) in [6.07, 6.45) is 5.09. The summed E-state index contributed by atoms with van der Waals surface area (Å²) in [4.78, 5) is 27.0. The zero-order valence-electron chi connectivity index (χ0n) is 14.4. The van der Waals surface area contributed by atoms with E-state index in [-0.39, 0.29) is 5.91 Å². The molecule has 0 unspecified atom stereocenters. The molecule has 128 valence electrons. The summed E-state index contributed by atoms with van der Waals surface area (Å²) >= 11 is 0. The van der Waals surface area contributed by atoms with Crippen molar-refractivity contribution in [2.75, 3.05) is 20.3 Å². The quantitative estimate of drug-likeness (QED) is 0.773. The fraction of sp³-hybridized carbons (Fsp3) is 0.412. The second-order valence-electron chi connectivity index (χ2n) is 5.27. The summed E-state index contributed by atoms with van der Waals surface area (Å²) in [5.74, 6) is 1.38. The van der Waals surface area contributed by atoms with Crippen molar-refractivity contribution >= 4 is 12.1 Å². The average Bonchev–Trinajstić information content (AvgIpc) is 2.73. The third-order valence-electron chi connectivity index (χ3n) is 3.62. The lowest BCUT2D eigenvalue weighted by molar-refractivity contribution is -0.127. The molecular weight excluding hydrogens is 308 g/mol. The van der Waals surface area contributed by atoms with Crippen LogP contribution in [0.25, 0.3) is 0 Å². The van der Waals surface area contributed by atoms with Gasteiger partial charge in [0.1, 0.15) is 12.4 Å². The Morgan fingerprint density at radius 2 is 2.33 bits per heavy atom. The number of aromatic nitrogens is 2. The molecule has 1 aliphatic heterocycles. The van der Waals surface area contributed by atoms with Crippen LogP contribution in [-0.4, -0.2) is 47.3 Å². The van der Waals surface area contributed by atoms with Gasteiger partial charge >= 0.3 is 0 Å². The number of ether oxygens (including phenoxy) is 2. The number of carbonyl (C=O) groups excluding carboxylic acids is 1. The van der Waals surface area contributed by atoms with Crippen molar-refractivity contribution in [1.29, 1.82) is 0 Å². The lowest BCUT2D eigenvalue weighted by atomic mass is 10.2. The van der Waals surface area contributed by atoms with Gasteiger partial charge in [-0.25, -0.2) is 4.98 Å². The molecule has 2 rings (SSSR count). The Morgan fingerprint density at radius 1 is 1.54 bits per heavy atom. The topological polar surface area (TPSA) is 76.9 Å². The Balaban J connectivity index is 2.17. The Morgan fingerprint density at radius 3 is 3.04 bits per heavy atom. The highest BCUT2D eigenvalue weighted by Crippen LogP contribution is 2.15. The van der Waals surface area contributed by atoms with Crippen LogP contribution in [0, 0.1) is 0 Å². The molecule has 1 aromatic heterocycles. The van der Waals surface area contributed by atoms with Crippen molar-refractivity contribution in [3.63, 3.8) is 0 Å². The van der Waals surface area contributed by atoms with Gasteiger partial charge in [0.25, 0.3) is 5.91 Å². The molecule has 2 heterocycles. The van der Waals surface area contributed by atoms with Crippen LogP contribution < -0.4 is 4.74 Å². The predicted octanol–water partition coefficient (Wildman–Crippen LogP) is 2.11. The first-order valence-electron chi connectivity index (χ1n) is 7.71. The maximum atomic E-state index is 12.7. The number of amides is 1. The molecular formula is C17H22N4O3. The van der Waals surface area contributed by atoms with Crippen LogP contribution in [0.3, 0.4) is 0 Å². The maximum Gasteiger partial charge on any atom is 0.253 e. The first-order valence-corrected chi connectivity index (χ1v) is 7.71. The Bertz CT molecular complexity index is 695. The van der Waals surface area contributed by atoms with Crippen molar-refractivity contribution < 1.29 is 14.3 Å². The lowest BCUT2D eigenvalue weighted by Crippen LogP contribution is -2.33. The van der Waals surface area contributed by atoms with Crippen LogP contribution in [0.4, 0.5) is 0 Å². The van der Waals surface area contributed by atoms with E-state index in [9.17, 15) is 4.79 Å². The van der Waals surface area contributed by atoms with Crippen LogP contribution in [-0.2, 0) is 16.1 Å². The number of nitrogens with zero attached hydrogens (tertiary/aromatic N) is 4. The molecule has 0 N–H and O–H groups in total. The highest BCUT2D eigenvalue weighted by Gasteiger charge is 2.23. The van der Waals surface area contributed by atoms with E-state index in [1.165, 1.54) is 0 Å². The zero-order valence-corrected chi connectivity index (χ0v) is 14.4. The Labute approximate surface area is 141 Å². The summed E-state index contributed by atoms with van der Waals surface area (Å²) in [6, 6.07) is 1.67. The highest BCUT2D eigenvalue weighted by molar-refractivity contribution is 5.98. The monoisotopic (exact) mass is 330 g/mol. The third-order valence-corrected chi connectivity index (χ3v) is 3.62. The SMILES string of the molecule is C/C=C(C)\N=C/C1=C(C)C(=O)N(Cc2nccc(OC)n2)CCO1. The minimum Gasteiger partial charge on any atom is -0.490 e. The molecule has 1 aromatic rings. The van der Waals surface area contributed by atoms with Gasteiger partial charge in [0.15, 0.2) is 5.82 Å². The molecule has 0 radical (unpaired) electrons. The molecule has 7 heteroatoms. The molecule has 0 aliphatic carbocycles. The van der Waals surface area contributed by atoms with Gasteiger partial charge in [-0.05, 0) is 20.8 Å². The Kier molecular flexibility index (Phi) is 6.06. The van der Waals surface area contributed by atoms with E-state index in [0.717, 1.165) is 5.70 Å². The minimum atomic E-state index is -0.112. The molecule has 24 heavy (non-hydrogen) atoms. The summed E-state index contributed by atoms with van der Waals surface area (Å²) in [7, 11) is 1.54.